The number of aromatic amines is 1. The Morgan fingerprint density at radius 2 is 1.92 bits per heavy atom. The average molecular weight is 338 g/mol. The number of rotatable bonds is 5. The molecule has 7 nitrogen and oxygen atoms in total. The van der Waals surface area contributed by atoms with Gasteiger partial charge in [0, 0.05) is 18.8 Å². The number of likely N-dealkylation sites (N-methyl/N-ethyl adjacent to an activating group) is 1. The summed E-state index contributed by atoms with van der Waals surface area (Å²) in [6.07, 6.45) is 1.57. The standard InChI is InChI=1S/C18H18N4O3/c1-2-21(17(24)12-22-10-6-5-9-16(22)23)11-15-19-14-8-4-3-7-13(14)18(25)20-15/h3-10H,2,11-12H2,1H3,(H,19,20,25). The summed E-state index contributed by atoms with van der Waals surface area (Å²) in [5.41, 5.74) is 0.122. The molecule has 0 aliphatic carbocycles. The molecular weight excluding hydrogens is 320 g/mol. The summed E-state index contributed by atoms with van der Waals surface area (Å²) in [6, 6.07) is 11.8. The molecule has 3 aromatic rings. The number of carbonyl (C=O) groups excluding carboxylic acids is 1. The zero-order valence-corrected chi connectivity index (χ0v) is 13.8. The lowest BCUT2D eigenvalue weighted by Gasteiger charge is -2.20. The van der Waals surface area contributed by atoms with E-state index in [4.69, 9.17) is 0 Å². The Morgan fingerprint density at radius 1 is 1.16 bits per heavy atom. The van der Waals surface area contributed by atoms with Gasteiger partial charge in [-0.2, -0.15) is 0 Å². The van der Waals surface area contributed by atoms with Crippen LogP contribution in [0, 0.1) is 0 Å². The molecular formula is C18H18N4O3. The van der Waals surface area contributed by atoms with Crippen LogP contribution in [0.4, 0.5) is 0 Å². The largest absolute Gasteiger partial charge is 0.334 e. The van der Waals surface area contributed by atoms with E-state index in [2.05, 4.69) is 9.97 Å². The lowest BCUT2D eigenvalue weighted by molar-refractivity contribution is -0.132. The zero-order chi connectivity index (χ0) is 17.8. The van der Waals surface area contributed by atoms with Gasteiger partial charge in [-0.1, -0.05) is 18.2 Å². The Labute approximate surface area is 143 Å². The molecule has 3 rings (SSSR count). The summed E-state index contributed by atoms with van der Waals surface area (Å²) in [7, 11) is 0. The number of para-hydroxylation sites is 1. The number of amides is 1. The predicted molar refractivity (Wildman–Crippen MR) is 94.2 cm³/mol. The van der Waals surface area contributed by atoms with E-state index in [9.17, 15) is 14.4 Å². The van der Waals surface area contributed by atoms with Gasteiger partial charge in [-0.15, -0.1) is 0 Å². The molecule has 1 aromatic carbocycles. The third-order valence-corrected chi connectivity index (χ3v) is 3.94. The minimum Gasteiger partial charge on any atom is -0.334 e. The van der Waals surface area contributed by atoms with E-state index in [0.29, 0.717) is 23.3 Å². The molecule has 1 amide bonds. The van der Waals surface area contributed by atoms with Crippen molar-refractivity contribution in [2.45, 2.75) is 20.0 Å². The van der Waals surface area contributed by atoms with Gasteiger partial charge in [0.2, 0.25) is 5.91 Å². The van der Waals surface area contributed by atoms with Gasteiger partial charge in [0.25, 0.3) is 11.1 Å². The second-order valence-electron chi connectivity index (χ2n) is 5.60. The van der Waals surface area contributed by atoms with Gasteiger partial charge in [-0.05, 0) is 25.1 Å². The van der Waals surface area contributed by atoms with Crippen molar-refractivity contribution in [1.82, 2.24) is 19.4 Å². The van der Waals surface area contributed by atoms with Crippen LogP contribution < -0.4 is 11.1 Å². The Hall–Kier alpha value is -3.22. The highest BCUT2D eigenvalue weighted by Gasteiger charge is 2.15. The van der Waals surface area contributed by atoms with Crippen molar-refractivity contribution in [1.29, 1.82) is 0 Å². The topological polar surface area (TPSA) is 88.1 Å². The van der Waals surface area contributed by atoms with Crippen molar-refractivity contribution in [3.63, 3.8) is 0 Å². The Balaban J connectivity index is 1.82. The number of H-pyrrole nitrogens is 1. The number of hydrogen-bond acceptors (Lipinski definition) is 4. The molecule has 1 N–H and O–H groups in total. The summed E-state index contributed by atoms with van der Waals surface area (Å²) in [5, 5.41) is 0.511. The third-order valence-electron chi connectivity index (χ3n) is 3.94. The number of fused-ring (bicyclic) bond motifs is 1. The summed E-state index contributed by atoms with van der Waals surface area (Å²) in [4.78, 5) is 45.1. The molecule has 0 saturated carbocycles. The number of nitrogens with zero attached hydrogens (tertiary/aromatic N) is 3. The second kappa shape index (κ2) is 7.12. The normalized spacial score (nSPS) is 10.8. The number of carbonyl (C=O) groups is 1. The predicted octanol–water partition coefficient (Wildman–Crippen LogP) is 1.13. The Bertz CT molecular complexity index is 1020. The highest BCUT2D eigenvalue weighted by atomic mass is 16.2. The van der Waals surface area contributed by atoms with Gasteiger partial charge in [-0.3, -0.25) is 14.4 Å². The summed E-state index contributed by atoms with van der Waals surface area (Å²) >= 11 is 0. The molecule has 0 unspecified atom stereocenters. The number of nitrogens with one attached hydrogen (secondary N) is 1. The van der Waals surface area contributed by atoms with E-state index in [0.717, 1.165) is 0 Å². The molecule has 0 bridgehead atoms. The average Bonchev–Trinajstić information content (AvgIpc) is 2.61. The smallest absolute Gasteiger partial charge is 0.258 e. The number of hydrogen-bond donors (Lipinski definition) is 1. The van der Waals surface area contributed by atoms with Gasteiger partial charge in [0.15, 0.2) is 0 Å². The van der Waals surface area contributed by atoms with E-state index in [-0.39, 0.29) is 30.1 Å². The molecule has 0 spiro atoms. The first kappa shape index (κ1) is 16.6. The van der Waals surface area contributed by atoms with E-state index in [1.54, 1.807) is 41.4 Å². The third kappa shape index (κ3) is 3.65. The molecule has 0 aliphatic rings. The number of aromatic nitrogens is 3. The summed E-state index contributed by atoms with van der Waals surface area (Å²) < 4.78 is 1.35. The summed E-state index contributed by atoms with van der Waals surface area (Å²) in [5.74, 6) is 0.200. The zero-order valence-electron chi connectivity index (χ0n) is 13.8. The molecule has 0 fully saturated rings. The van der Waals surface area contributed by atoms with Gasteiger partial charge in [-0.25, -0.2) is 4.98 Å². The molecule has 0 atom stereocenters. The van der Waals surface area contributed by atoms with Gasteiger partial charge in [0.05, 0.1) is 17.4 Å². The maximum Gasteiger partial charge on any atom is 0.258 e. The van der Waals surface area contributed by atoms with Crippen LogP contribution in [0.15, 0.2) is 58.3 Å². The molecule has 0 radical (unpaired) electrons. The fraction of sp³-hybridized carbons (Fsp3) is 0.222. The molecule has 7 heteroatoms. The van der Waals surface area contributed by atoms with E-state index >= 15 is 0 Å². The fourth-order valence-electron chi connectivity index (χ4n) is 2.60. The first-order valence-corrected chi connectivity index (χ1v) is 7.99. The van der Waals surface area contributed by atoms with Crippen molar-refractivity contribution in [2.75, 3.05) is 6.54 Å². The molecule has 2 aromatic heterocycles. The minimum absolute atomic E-state index is 0.0503. The SMILES string of the molecule is CCN(Cc1nc2ccccc2c(=O)[nH]1)C(=O)Cn1ccccc1=O. The Kier molecular flexibility index (Phi) is 4.74. The first-order chi connectivity index (χ1) is 12.1. The Morgan fingerprint density at radius 3 is 2.68 bits per heavy atom. The van der Waals surface area contributed by atoms with Gasteiger partial charge >= 0.3 is 0 Å². The van der Waals surface area contributed by atoms with Crippen molar-refractivity contribution < 1.29 is 4.79 Å². The second-order valence-corrected chi connectivity index (χ2v) is 5.60. The maximum absolute atomic E-state index is 12.5. The van der Waals surface area contributed by atoms with Crippen molar-refractivity contribution in [2.24, 2.45) is 0 Å². The fourth-order valence-corrected chi connectivity index (χ4v) is 2.60. The highest BCUT2D eigenvalue weighted by Crippen LogP contribution is 2.07. The van der Waals surface area contributed by atoms with E-state index in [1.165, 1.54) is 10.6 Å². The molecule has 25 heavy (non-hydrogen) atoms. The van der Waals surface area contributed by atoms with Crippen LogP contribution in [0.5, 0.6) is 0 Å². The first-order valence-electron chi connectivity index (χ1n) is 7.99. The lowest BCUT2D eigenvalue weighted by Crippen LogP contribution is -2.36. The minimum atomic E-state index is -0.233. The van der Waals surface area contributed by atoms with Crippen LogP contribution in [-0.2, 0) is 17.9 Å². The van der Waals surface area contributed by atoms with Crippen molar-refractivity contribution >= 4 is 16.8 Å². The monoisotopic (exact) mass is 338 g/mol. The van der Waals surface area contributed by atoms with Crippen LogP contribution in [0.1, 0.15) is 12.7 Å². The van der Waals surface area contributed by atoms with Crippen molar-refractivity contribution in [3.8, 4) is 0 Å². The highest BCUT2D eigenvalue weighted by molar-refractivity contribution is 5.77. The molecule has 0 saturated heterocycles. The molecule has 128 valence electrons. The molecule has 0 aliphatic heterocycles. The van der Waals surface area contributed by atoms with Crippen LogP contribution in [0.25, 0.3) is 10.9 Å². The molecule has 2 heterocycles. The number of pyridine rings is 1. The quantitative estimate of drug-likeness (QED) is 0.755. The van der Waals surface area contributed by atoms with E-state index in [1.807, 2.05) is 13.0 Å². The van der Waals surface area contributed by atoms with Crippen LogP contribution in [0.2, 0.25) is 0 Å². The van der Waals surface area contributed by atoms with Crippen LogP contribution >= 0.6 is 0 Å². The number of benzene rings is 1. The summed E-state index contributed by atoms with van der Waals surface area (Å²) in [6.45, 7) is 2.41. The van der Waals surface area contributed by atoms with Crippen molar-refractivity contribution in [3.05, 3.63) is 75.2 Å². The van der Waals surface area contributed by atoms with Crippen LogP contribution in [0.3, 0.4) is 0 Å². The van der Waals surface area contributed by atoms with E-state index < -0.39 is 0 Å². The maximum atomic E-state index is 12.5. The van der Waals surface area contributed by atoms with Gasteiger partial charge in [0.1, 0.15) is 12.4 Å². The van der Waals surface area contributed by atoms with Gasteiger partial charge < -0.3 is 14.5 Å². The van der Waals surface area contributed by atoms with Crippen LogP contribution in [-0.4, -0.2) is 31.9 Å². The lowest BCUT2D eigenvalue weighted by atomic mass is 10.2.